The number of methoxy groups -OCH3 is 1. The van der Waals surface area contributed by atoms with E-state index in [2.05, 4.69) is 5.32 Å². The van der Waals surface area contributed by atoms with Crippen LogP contribution in [0.3, 0.4) is 0 Å². The van der Waals surface area contributed by atoms with Gasteiger partial charge in [-0.25, -0.2) is 8.42 Å². The second-order valence-corrected chi connectivity index (χ2v) is 8.64. The minimum absolute atomic E-state index is 0.00580. The van der Waals surface area contributed by atoms with Crippen LogP contribution in [0.2, 0.25) is 0 Å². The largest absolute Gasteiger partial charge is 0.383 e. The van der Waals surface area contributed by atoms with Crippen LogP contribution >= 0.6 is 12.2 Å². The Morgan fingerprint density at radius 1 is 1.29 bits per heavy atom. The quantitative estimate of drug-likeness (QED) is 0.766. The summed E-state index contributed by atoms with van der Waals surface area (Å²) in [6.07, 6.45) is 6.77. The fourth-order valence-corrected chi connectivity index (χ4v) is 5.30. The van der Waals surface area contributed by atoms with E-state index in [1.54, 1.807) is 7.11 Å². The van der Waals surface area contributed by atoms with E-state index in [-0.39, 0.29) is 17.5 Å². The van der Waals surface area contributed by atoms with Gasteiger partial charge >= 0.3 is 0 Å². The lowest BCUT2D eigenvalue weighted by molar-refractivity contribution is 0.163. The molecule has 0 amide bonds. The van der Waals surface area contributed by atoms with Crippen molar-refractivity contribution < 1.29 is 13.2 Å². The number of nitrogens with one attached hydrogen (secondary N) is 1. The zero-order valence-electron chi connectivity index (χ0n) is 12.7. The first-order chi connectivity index (χ1) is 10.0. The van der Waals surface area contributed by atoms with Crippen molar-refractivity contribution in [2.75, 3.05) is 31.8 Å². The minimum Gasteiger partial charge on any atom is -0.383 e. The third-order valence-electron chi connectivity index (χ3n) is 4.38. The molecule has 21 heavy (non-hydrogen) atoms. The number of ether oxygens (including phenoxy) is 1. The number of thiocarbonyl (C=S) groups is 1. The van der Waals surface area contributed by atoms with Crippen LogP contribution in [-0.2, 0) is 14.6 Å². The highest BCUT2D eigenvalue weighted by Crippen LogP contribution is 2.20. The summed E-state index contributed by atoms with van der Waals surface area (Å²) in [4.78, 5) is 2.03. The lowest BCUT2D eigenvalue weighted by atomic mass is 9.96. The Morgan fingerprint density at radius 3 is 2.57 bits per heavy atom. The molecule has 1 heterocycles. The van der Waals surface area contributed by atoms with Gasteiger partial charge < -0.3 is 15.0 Å². The van der Waals surface area contributed by atoms with E-state index in [4.69, 9.17) is 17.0 Å². The molecule has 0 bridgehead atoms. The summed E-state index contributed by atoms with van der Waals surface area (Å²) in [6, 6.07) is 0.433. The van der Waals surface area contributed by atoms with Gasteiger partial charge in [0.15, 0.2) is 14.9 Å². The van der Waals surface area contributed by atoms with Crippen molar-refractivity contribution in [3.8, 4) is 0 Å². The molecule has 122 valence electrons. The summed E-state index contributed by atoms with van der Waals surface area (Å²) in [5.74, 6) is 0.483. The van der Waals surface area contributed by atoms with Crippen LogP contribution in [0.4, 0.5) is 0 Å². The van der Waals surface area contributed by atoms with E-state index in [9.17, 15) is 8.42 Å². The van der Waals surface area contributed by atoms with E-state index in [0.717, 1.165) is 12.8 Å². The van der Waals surface area contributed by atoms with Gasteiger partial charge in [-0.15, -0.1) is 0 Å². The number of sulfone groups is 1. The summed E-state index contributed by atoms with van der Waals surface area (Å²) in [6.45, 7) is 1.21. The maximum absolute atomic E-state index is 11.7. The van der Waals surface area contributed by atoms with Crippen LogP contribution in [0.1, 0.15) is 38.5 Å². The van der Waals surface area contributed by atoms with E-state index in [1.807, 2.05) is 4.90 Å². The predicted molar refractivity (Wildman–Crippen MR) is 88.2 cm³/mol. The first-order valence-electron chi connectivity index (χ1n) is 7.78. The highest BCUT2D eigenvalue weighted by atomic mass is 32.2. The predicted octanol–water partition coefficient (Wildman–Crippen LogP) is 1.33. The van der Waals surface area contributed by atoms with Gasteiger partial charge in [-0.3, -0.25) is 0 Å². The summed E-state index contributed by atoms with van der Waals surface area (Å²) >= 11 is 5.55. The first kappa shape index (κ1) is 17.0. The van der Waals surface area contributed by atoms with E-state index in [0.29, 0.717) is 30.7 Å². The van der Waals surface area contributed by atoms with Gasteiger partial charge in [-0.05, 0) is 31.5 Å². The Kier molecular flexibility index (Phi) is 6.25. The first-order valence-corrected chi connectivity index (χ1v) is 10.0. The maximum atomic E-state index is 11.7. The molecular formula is C14H26N2O3S2. The zero-order chi connectivity index (χ0) is 15.3. The molecule has 2 aliphatic rings. The molecule has 1 saturated carbocycles. The zero-order valence-corrected chi connectivity index (χ0v) is 14.3. The number of nitrogens with zero attached hydrogens (tertiary/aromatic N) is 1. The fraction of sp³-hybridized carbons (Fsp3) is 0.929. The molecule has 1 aliphatic carbocycles. The third-order valence-corrected chi connectivity index (χ3v) is 6.48. The lowest BCUT2D eigenvalue weighted by Crippen LogP contribution is -2.51. The maximum Gasteiger partial charge on any atom is 0.169 e. The molecule has 0 unspecified atom stereocenters. The standard InChI is InChI=1S/C14H26N2O3S2/c1-19-9-8-16(13-7-10-21(17,18)11-13)14(20)15-12-5-3-2-4-6-12/h12-13H,2-11H2,1H3,(H,15,20)/t13-/m1/s1. The minimum atomic E-state index is -2.90. The number of hydrogen-bond acceptors (Lipinski definition) is 4. The Morgan fingerprint density at radius 2 is 2.00 bits per heavy atom. The van der Waals surface area contributed by atoms with E-state index >= 15 is 0 Å². The molecule has 1 aliphatic heterocycles. The van der Waals surface area contributed by atoms with Gasteiger partial charge in [0.05, 0.1) is 18.1 Å². The molecule has 1 atom stereocenters. The van der Waals surface area contributed by atoms with Crippen LogP contribution in [0.15, 0.2) is 0 Å². The fourth-order valence-electron chi connectivity index (χ4n) is 3.17. The van der Waals surface area contributed by atoms with Gasteiger partial charge in [-0.1, -0.05) is 19.3 Å². The van der Waals surface area contributed by atoms with Crippen molar-refractivity contribution in [1.29, 1.82) is 0 Å². The van der Waals surface area contributed by atoms with Crippen LogP contribution in [0.5, 0.6) is 0 Å². The Balaban J connectivity index is 1.95. The van der Waals surface area contributed by atoms with Crippen molar-refractivity contribution in [2.24, 2.45) is 0 Å². The van der Waals surface area contributed by atoms with Crippen LogP contribution < -0.4 is 5.32 Å². The van der Waals surface area contributed by atoms with Crippen LogP contribution in [0, 0.1) is 0 Å². The molecule has 5 nitrogen and oxygen atoms in total. The normalized spacial score (nSPS) is 25.7. The Hall–Kier alpha value is -0.400. The van der Waals surface area contributed by atoms with E-state index in [1.165, 1.54) is 19.3 Å². The summed E-state index contributed by atoms with van der Waals surface area (Å²) in [5, 5.41) is 4.13. The average molecular weight is 335 g/mol. The van der Waals surface area contributed by atoms with Crippen molar-refractivity contribution >= 4 is 27.2 Å². The number of rotatable bonds is 5. The third kappa shape index (κ3) is 5.07. The molecule has 0 aromatic carbocycles. The SMILES string of the molecule is COCCN(C(=S)NC1CCCCC1)[C@@H]1CCS(=O)(=O)C1. The highest BCUT2D eigenvalue weighted by Gasteiger charge is 2.33. The van der Waals surface area contributed by atoms with Crippen LogP contribution in [-0.4, -0.2) is 62.3 Å². The van der Waals surface area contributed by atoms with Crippen LogP contribution in [0.25, 0.3) is 0 Å². The summed E-state index contributed by atoms with van der Waals surface area (Å²) in [7, 11) is -1.25. The number of hydrogen-bond donors (Lipinski definition) is 1. The second-order valence-electron chi connectivity index (χ2n) is 6.03. The van der Waals surface area contributed by atoms with Gasteiger partial charge in [0, 0.05) is 25.7 Å². The van der Waals surface area contributed by atoms with Gasteiger partial charge in [0.2, 0.25) is 0 Å². The average Bonchev–Trinajstić information content (AvgIpc) is 2.80. The molecule has 2 fully saturated rings. The molecule has 0 spiro atoms. The molecule has 1 N–H and O–H groups in total. The molecular weight excluding hydrogens is 308 g/mol. The molecule has 1 saturated heterocycles. The second kappa shape index (κ2) is 7.74. The summed E-state index contributed by atoms with van der Waals surface area (Å²) < 4.78 is 28.6. The topological polar surface area (TPSA) is 58.6 Å². The monoisotopic (exact) mass is 334 g/mol. The van der Waals surface area contributed by atoms with Crippen molar-refractivity contribution in [3.05, 3.63) is 0 Å². The van der Waals surface area contributed by atoms with Crippen molar-refractivity contribution in [3.63, 3.8) is 0 Å². The molecule has 0 aromatic heterocycles. The molecule has 7 heteroatoms. The van der Waals surface area contributed by atoms with E-state index < -0.39 is 9.84 Å². The molecule has 2 rings (SSSR count). The lowest BCUT2D eigenvalue weighted by Gasteiger charge is -2.34. The highest BCUT2D eigenvalue weighted by molar-refractivity contribution is 7.91. The molecule has 0 radical (unpaired) electrons. The van der Waals surface area contributed by atoms with Gasteiger partial charge in [0.1, 0.15) is 0 Å². The Labute approximate surface area is 133 Å². The van der Waals surface area contributed by atoms with Crippen molar-refractivity contribution in [2.45, 2.75) is 50.6 Å². The summed E-state index contributed by atoms with van der Waals surface area (Å²) in [5.41, 5.74) is 0. The van der Waals surface area contributed by atoms with Gasteiger partial charge in [-0.2, -0.15) is 0 Å². The molecule has 0 aromatic rings. The van der Waals surface area contributed by atoms with Gasteiger partial charge in [0.25, 0.3) is 0 Å². The Bertz CT molecular complexity index is 447. The smallest absolute Gasteiger partial charge is 0.169 e. The van der Waals surface area contributed by atoms with Crippen molar-refractivity contribution in [1.82, 2.24) is 10.2 Å².